The van der Waals surface area contributed by atoms with Gasteiger partial charge in [-0.1, -0.05) is 6.07 Å². The number of halogens is 3. The fraction of sp³-hybridized carbons (Fsp3) is 0.214. The Labute approximate surface area is 128 Å². The highest BCUT2D eigenvalue weighted by atomic mass is 19.4. The summed E-state index contributed by atoms with van der Waals surface area (Å²) in [6.45, 7) is 1.38. The first kappa shape index (κ1) is 16.5. The highest BCUT2D eigenvalue weighted by molar-refractivity contribution is 6.02. The van der Waals surface area contributed by atoms with Crippen molar-refractivity contribution in [2.75, 3.05) is 5.32 Å². The van der Waals surface area contributed by atoms with Crippen molar-refractivity contribution in [3.8, 4) is 0 Å². The Balaban J connectivity index is 2.15. The zero-order valence-corrected chi connectivity index (χ0v) is 11.8. The van der Waals surface area contributed by atoms with Gasteiger partial charge in [0.15, 0.2) is 5.69 Å². The maximum atomic E-state index is 12.6. The molecule has 0 saturated heterocycles. The van der Waals surface area contributed by atoms with Crippen LogP contribution in [-0.4, -0.2) is 26.8 Å². The van der Waals surface area contributed by atoms with Crippen molar-refractivity contribution in [3.05, 3.63) is 47.8 Å². The maximum Gasteiger partial charge on any atom is 0.416 e. The SMILES string of the molecule is CC(C(=O)O)n1ccc(C(=O)Nc2cccc(C(F)(F)F)c2)n1. The fourth-order valence-electron chi connectivity index (χ4n) is 1.76. The first-order valence-corrected chi connectivity index (χ1v) is 6.45. The van der Waals surface area contributed by atoms with Crippen LogP contribution in [0.2, 0.25) is 0 Å². The van der Waals surface area contributed by atoms with E-state index in [1.54, 1.807) is 0 Å². The van der Waals surface area contributed by atoms with Gasteiger partial charge in [0.05, 0.1) is 5.56 Å². The standard InChI is InChI=1S/C14H12F3N3O3/c1-8(13(22)23)20-6-5-11(19-20)12(21)18-10-4-2-3-9(7-10)14(15,16)17/h2-8H,1H3,(H,18,21)(H,22,23). The van der Waals surface area contributed by atoms with E-state index in [1.165, 1.54) is 31.3 Å². The summed E-state index contributed by atoms with van der Waals surface area (Å²) >= 11 is 0. The predicted molar refractivity (Wildman–Crippen MR) is 74.0 cm³/mol. The number of amides is 1. The lowest BCUT2D eigenvalue weighted by molar-refractivity contribution is -0.140. The van der Waals surface area contributed by atoms with Crippen molar-refractivity contribution >= 4 is 17.6 Å². The second-order valence-corrected chi connectivity index (χ2v) is 4.73. The molecule has 0 aliphatic carbocycles. The first-order valence-electron chi connectivity index (χ1n) is 6.45. The van der Waals surface area contributed by atoms with Crippen LogP contribution in [0.3, 0.4) is 0 Å². The number of aliphatic carboxylic acids is 1. The lowest BCUT2D eigenvalue weighted by Gasteiger charge is -2.09. The number of hydrogen-bond donors (Lipinski definition) is 2. The Morgan fingerprint density at radius 1 is 1.30 bits per heavy atom. The van der Waals surface area contributed by atoms with Gasteiger partial charge in [-0.15, -0.1) is 0 Å². The third-order valence-electron chi connectivity index (χ3n) is 3.04. The molecule has 0 fully saturated rings. The normalized spacial score (nSPS) is 12.7. The van der Waals surface area contributed by atoms with Crippen LogP contribution in [0.15, 0.2) is 36.5 Å². The summed E-state index contributed by atoms with van der Waals surface area (Å²) in [5.74, 6) is -1.86. The van der Waals surface area contributed by atoms with E-state index in [0.29, 0.717) is 0 Å². The summed E-state index contributed by atoms with van der Waals surface area (Å²) in [5.41, 5.74) is -1.03. The molecule has 1 atom stereocenters. The summed E-state index contributed by atoms with van der Waals surface area (Å²) < 4.78 is 38.9. The number of aromatic nitrogens is 2. The largest absolute Gasteiger partial charge is 0.480 e. The summed E-state index contributed by atoms with van der Waals surface area (Å²) in [6, 6.07) is 4.48. The Morgan fingerprint density at radius 2 is 2.00 bits per heavy atom. The molecule has 2 N–H and O–H groups in total. The Morgan fingerprint density at radius 3 is 2.61 bits per heavy atom. The molecule has 2 aromatic rings. The minimum Gasteiger partial charge on any atom is -0.480 e. The molecule has 1 aromatic carbocycles. The Bertz CT molecular complexity index is 740. The molecule has 1 aromatic heterocycles. The van der Waals surface area contributed by atoms with Crippen LogP contribution in [0, 0.1) is 0 Å². The van der Waals surface area contributed by atoms with E-state index >= 15 is 0 Å². The molecule has 1 heterocycles. The van der Waals surface area contributed by atoms with Gasteiger partial charge >= 0.3 is 12.1 Å². The third kappa shape index (κ3) is 3.87. The van der Waals surface area contributed by atoms with Crippen molar-refractivity contribution in [2.45, 2.75) is 19.1 Å². The van der Waals surface area contributed by atoms with Crippen molar-refractivity contribution < 1.29 is 27.9 Å². The molecule has 9 heteroatoms. The highest BCUT2D eigenvalue weighted by Crippen LogP contribution is 2.30. The smallest absolute Gasteiger partial charge is 0.416 e. The van der Waals surface area contributed by atoms with Gasteiger partial charge in [0.2, 0.25) is 0 Å². The highest BCUT2D eigenvalue weighted by Gasteiger charge is 2.30. The third-order valence-corrected chi connectivity index (χ3v) is 3.04. The fourth-order valence-corrected chi connectivity index (χ4v) is 1.76. The quantitative estimate of drug-likeness (QED) is 0.904. The number of alkyl halides is 3. The monoisotopic (exact) mass is 327 g/mol. The molecule has 122 valence electrons. The van der Waals surface area contributed by atoms with E-state index in [0.717, 1.165) is 16.8 Å². The number of carbonyl (C=O) groups excluding carboxylic acids is 1. The molecular weight excluding hydrogens is 315 g/mol. The van der Waals surface area contributed by atoms with Gasteiger partial charge in [-0.05, 0) is 31.2 Å². The van der Waals surface area contributed by atoms with Gasteiger partial charge < -0.3 is 10.4 Å². The van der Waals surface area contributed by atoms with Crippen LogP contribution in [0.5, 0.6) is 0 Å². The average Bonchev–Trinajstić information content (AvgIpc) is 2.95. The molecule has 2 rings (SSSR count). The maximum absolute atomic E-state index is 12.6. The van der Waals surface area contributed by atoms with E-state index in [4.69, 9.17) is 5.11 Å². The molecule has 1 unspecified atom stereocenters. The number of anilines is 1. The molecule has 0 saturated carbocycles. The van der Waals surface area contributed by atoms with Gasteiger partial charge in [-0.25, -0.2) is 4.79 Å². The molecule has 0 bridgehead atoms. The van der Waals surface area contributed by atoms with Crippen LogP contribution in [0.4, 0.5) is 18.9 Å². The van der Waals surface area contributed by atoms with E-state index in [-0.39, 0.29) is 11.4 Å². The number of carbonyl (C=O) groups is 2. The molecule has 1 amide bonds. The molecule has 6 nitrogen and oxygen atoms in total. The lowest BCUT2D eigenvalue weighted by Crippen LogP contribution is -2.18. The number of benzene rings is 1. The van der Waals surface area contributed by atoms with E-state index in [2.05, 4.69) is 10.4 Å². The van der Waals surface area contributed by atoms with Gasteiger partial charge in [-0.3, -0.25) is 9.48 Å². The summed E-state index contributed by atoms with van der Waals surface area (Å²) in [5, 5.41) is 14.9. The van der Waals surface area contributed by atoms with Gasteiger partial charge in [0.25, 0.3) is 5.91 Å². The molecular formula is C14H12F3N3O3. The Hall–Kier alpha value is -2.84. The molecule has 0 spiro atoms. The van der Waals surface area contributed by atoms with Crippen molar-refractivity contribution in [3.63, 3.8) is 0 Å². The average molecular weight is 327 g/mol. The van der Waals surface area contributed by atoms with Crippen molar-refractivity contribution in [1.29, 1.82) is 0 Å². The zero-order valence-electron chi connectivity index (χ0n) is 11.8. The first-order chi connectivity index (χ1) is 10.7. The molecule has 0 aliphatic heterocycles. The number of carboxylic acid groups (broad SMARTS) is 1. The number of hydrogen-bond acceptors (Lipinski definition) is 3. The molecule has 0 aliphatic rings. The van der Waals surface area contributed by atoms with E-state index in [1.807, 2.05) is 0 Å². The molecule has 23 heavy (non-hydrogen) atoms. The predicted octanol–water partition coefficient (Wildman–Crippen LogP) is 2.80. The van der Waals surface area contributed by atoms with Crippen molar-refractivity contribution in [1.82, 2.24) is 9.78 Å². The van der Waals surface area contributed by atoms with Crippen LogP contribution in [0.1, 0.15) is 29.0 Å². The van der Waals surface area contributed by atoms with Crippen LogP contribution >= 0.6 is 0 Å². The topological polar surface area (TPSA) is 84.2 Å². The van der Waals surface area contributed by atoms with Crippen LogP contribution in [-0.2, 0) is 11.0 Å². The van der Waals surface area contributed by atoms with Gasteiger partial charge in [-0.2, -0.15) is 18.3 Å². The second kappa shape index (κ2) is 6.11. The summed E-state index contributed by atoms with van der Waals surface area (Å²) in [4.78, 5) is 22.8. The number of nitrogens with zero attached hydrogens (tertiary/aromatic N) is 2. The molecule has 0 radical (unpaired) electrons. The minimum absolute atomic E-state index is 0.0364. The van der Waals surface area contributed by atoms with Gasteiger partial charge in [0, 0.05) is 11.9 Å². The zero-order chi connectivity index (χ0) is 17.2. The Kier molecular flexibility index (Phi) is 4.39. The second-order valence-electron chi connectivity index (χ2n) is 4.73. The number of carboxylic acids is 1. The van der Waals surface area contributed by atoms with Gasteiger partial charge in [0.1, 0.15) is 6.04 Å². The number of nitrogens with one attached hydrogen (secondary N) is 1. The lowest BCUT2D eigenvalue weighted by atomic mass is 10.2. The summed E-state index contributed by atoms with van der Waals surface area (Å²) in [6.07, 6.45) is -3.21. The van der Waals surface area contributed by atoms with Crippen LogP contribution < -0.4 is 5.32 Å². The van der Waals surface area contributed by atoms with E-state index in [9.17, 15) is 22.8 Å². The minimum atomic E-state index is -4.51. The summed E-state index contributed by atoms with van der Waals surface area (Å²) in [7, 11) is 0. The number of rotatable bonds is 4. The van der Waals surface area contributed by atoms with Crippen molar-refractivity contribution in [2.24, 2.45) is 0 Å². The van der Waals surface area contributed by atoms with Crippen LogP contribution in [0.25, 0.3) is 0 Å². The van der Waals surface area contributed by atoms with E-state index < -0.39 is 29.7 Å².